The van der Waals surface area contributed by atoms with Crippen LogP contribution in [0.3, 0.4) is 0 Å². The quantitative estimate of drug-likeness (QED) is 0.555. The van der Waals surface area contributed by atoms with E-state index in [0.717, 1.165) is 22.3 Å². The first-order valence-corrected chi connectivity index (χ1v) is 10.6. The molecule has 1 amide bonds. The maximum atomic E-state index is 12.9. The van der Waals surface area contributed by atoms with Gasteiger partial charge >= 0.3 is 12.1 Å². The molecule has 0 spiro atoms. The average molecular weight is 431 g/mol. The predicted octanol–water partition coefficient (Wildman–Crippen LogP) is 4.79. The van der Waals surface area contributed by atoms with Crippen LogP contribution in [0.25, 0.3) is 11.1 Å². The van der Waals surface area contributed by atoms with E-state index in [1.165, 1.54) is 4.90 Å². The fourth-order valence-electron chi connectivity index (χ4n) is 4.05. The zero-order valence-corrected chi connectivity index (χ0v) is 17.8. The third-order valence-electron chi connectivity index (χ3n) is 5.64. The van der Waals surface area contributed by atoms with Crippen molar-refractivity contribution in [1.82, 2.24) is 4.90 Å². The Kier molecular flexibility index (Phi) is 6.40. The van der Waals surface area contributed by atoms with Gasteiger partial charge in [-0.25, -0.2) is 4.79 Å². The van der Waals surface area contributed by atoms with Gasteiger partial charge in [0.15, 0.2) is 0 Å². The lowest BCUT2D eigenvalue weighted by Crippen LogP contribution is -2.45. The van der Waals surface area contributed by atoms with E-state index in [4.69, 9.17) is 9.47 Å². The first-order chi connectivity index (χ1) is 15.5. The molecule has 1 atom stereocenters. The van der Waals surface area contributed by atoms with Crippen LogP contribution in [-0.2, 0) is 9.53 Å². The van der Waals surface area contributed by atoms with Crippen molar-refractivity contribution in [3.05, 3.63) is 90.0 Å². The monoisotopic (exact) mass is 431 g/mol. The molecule has 3 aromatic carbocycles. The van der Waals surface area contributed by atoms with Crippen LogP contribution >= 0.6 is 0 Å². The molecule has 4 rings (SSSR count). The van der Waals surface area contributed by atoms with E-state index in [9.17, 15) is 14.7 Å². The fourth-order valence-corrected chi connectivity index (χ4v) is 4.05. The smallest absolute Gasteiger partial charge is 0.410 e. The van der Waals surface area contributed by atoms with Gasteiger partial charge in [0.25, 0.3) is 0 Å². The number of rotatable bonds is 8. The van der Waals surface area contributed by atoms with Gasteiger partial charge in [-0.1, -0.05) is 66.7 Å². The molecule has 6 heteroatoms. The van der Waals surface area contributed by atoms with Gasteiger partial charge in [-0.05, 0) is 41.3 Å². The third kappa shape index (κ3) is 4.59. The second-order valence-electron chi connectivity index (χ2n) is 7.80. The number of amides is 1. The van der Waals surface area contributed by atoms with Crippen LogP contribution in [0.2, 0.25) is 0 Å². The summed E-state index contributed by atoms with van der Waals surface area (Å²) in [7, 11) is 0. The summed E-state index contributed by atoms with van der Waals surface area (Å²) in [6.07, 6.45) is -0.668. The number of aliphatic carboxylic acids is 1. The summed E-state index contributed by atoms with van der Waals surface area (Å²) in [4.78, 5) is 25.5. The summed E-state index contributed by atoms with van der Waals surface area (Å²) in [5.74, 6) is -0.541. The molecule has 1 aliphatic rings. The first-order valence-electron chi connectivity index (χ1n) is 10.6. The Bertz CT molecular complexity index is 1050. The van der Waals surface area contributed by atoms with Crippen molar-refractivity contribution in [2.75, 3.05) is 19.8 Å². The van der Waals surface area contributed by atoms with Crippen LogP contribution < -0.4 is 4.74 Å². The highest BCUT2D eigenvalue weighted by Gasteiger charge is 2.31. The molecule has 1 aliphatic carbocycles. The minimum absolute atomic E-state index is 0.0890. The van der Waals surface area contributed by atoms with Crippen molar-refractivity contribution in [1.29, 1.82) is 0 Å². The number of carboxylic acid groups (broad SMARTS) is 1. The third-order valence-corrected chi connectivity index (χ3v) is 5.64. The van der Waals surface area contributed by atoms with E-state index in [2.05, 4.69) is 12.1 Å². The zero-order chi connectivity index (χ0) is 22.5. The number of para-hydroxylation sites is 1. The van der Waals surface area contributed by atoms with Crippen LogP contribution in [0.15, 0.2) is 78.9 Å². The SMILES string of the molecule is C[C@@H](COc1ccccc1)N(CC(=O)O)C(=O)OCC1c2ccccc2-c2ccccc21. The van der Waals surface area contributed by atoms with Gasteiger partial charge in [0.1, 0.15) is 25.5 Å². The lowest BCUT2D eigenvalue weighted by Gasteiger charge is -2.27. The summed E-state index contributed by atoms with van der Waals surface area (Å²) in [5.41, 5.74) is 4.48. The van der Waals surface area contributed by atoms with Gasteiger partial charge in [-0.15, -0.1) is 0 Å². The molecule has 0 fully saturated rings. The zero-order valence-electron chi connectivity index (χ0n) is 17.8. The van der Waals surface area contributed by atoms with Gasteiger partial charge in [0.05, 0.1) is 6.04 Å². The number of carboxylic acids is 1. The molecular weight excluding hydrogens is 406 g/mol. The van der Waals surface area contributed by atoms with Crippen LogP contribution in [0.5, 0.6) is 5.75 Å². The van der Waals surface area contributed by atoms with E-state index in [0.29, 0.717) is 5.75 Å². The normalized spacial score (nSPS) is 13.0. The second-order valence-corrected chi connectivity index (χ2v) is 7.80. The number of ether oxygens (including phenoxy) is 2. The first kappa shape index (κ1) is 21.4. The lowest BCUT2D eigenvalue weighted by molar-refractivity contribution is -0.138. The molecule has 3 aromatic rings. The van der Waals surface area contributed by atoms with Gasteiger partial charge < -0.3 is 14.6 Å². The number of carbonyl (C=O) groups is 2. The molecule has 0 saturated heterocycles. The van der Waals surface area contributed by atoms with Crippen LogP contribution in [0.1, 0.15) is 24.0 Å². The summed E-state index contributed by atoms with van der Waals surface area (Å²) in [5, 5.41) is 9.32. The Morgan fingerprint density at radius 1 is 0.906 bits per heavy atom. The van der Waals surface area contributed by atoms with Crippen molar-refractivity contribution in [3.8, 4) is 16.9 Å². The highest BCUT2D eigenvalue weighted by Crippen LogP contribution is 2.44. The Balaban J connectivity index is 1.45. The molecule has 0 heterocycles. The molecule has 0 unspecified atom stereocenters. The minimum atomic E-state index is -1.11. The topological polar surface area (TPSA) is 76.1 Å². The summed E-state index contributed by atoms with van der Waals surface area (Å²) in [6, 6.07) is 24.8. The fraction of sp³-hybridized carbons (Fsp3) is 0.231. The van der Waals surface area contributed by atoms with Gasteiger partial charge in [-0.3, -0.25) is 9.69 Å². The molecule has 164 valence electrons. The molecule has 0 radical (unpaired) electrons. The standard InChI is InChI=1S/C26H25NO5/c1-18(16-31-19-9-3-2-4-10-19)27(15-25(28)29)26(30)32-17-24-22-13-7-5-11-20(22)21-12-6-8-14-23(21)24/h2-14,18,24H,15-17H2,1H3,(H,28,29)/t18-/m0/s1. The van der Waals surface area contributed by atoms with E-state index in [-0.39, 0.29) is 19.1 Å². The van der Waals surface area contributed by atoms with E-state index < -0.39 is 24.6 Å². The van der Waals surface area contributed by atoms with E-state index >= 15 is 0 Å². The highest BCUT2D eigenvalue weighted by molar-refractivity contribution is 5.79. The molecule has 32 heavy (non-hydrogen) atoms. The second kappa shape index (κ2) is 9.56. The Morgan fingerprint density at radius 3 is 2.06 bits per heavy atom. The van der Waals surface area contributed by atoms with E-state index in [1.807, 2.05) is 66.7 Å². The minimum Gasteiger partial charge on any atom is -0.491 e. The number of hydrogen-bond acceptors (Lipinski definition) is 4. The summed E-state index contributed by atoms with van der Waals surface area (Å²) in [6.45, 7) is 1.57. The van der Waals surface area contributed by atoms with Crippen LogP contribution in [-0.4, -0.2) is 47.9 Å². The van der Waals surface area contributed by atoms with Gasteiger partial charge in [0, 0.05) is 5.92 Å². The Morgan fingerprint density at radius 2 is 1.47 bits per heavy atom. The van der Waals surface area contributed by atoms with Gasteiger partial charge in [0.2, 0.25) is 0 Å². The molecule has 1 N–H and O–H groups in total. The van der Waals surface area contributed by atoms with Crippen molar-refractivity contribution >= 4 is 12.1 Å². The molecule has 0 saturated carbocycles. The molecule has 0 aliphatic heterocycles. The van der Waals surface area contributed by atoms with Crippen molar-refractivity contribution < 1.29 is 24.2 Å². The maximum Gasteiger partial charge on any atom is 0.410 e. The Labute approximate surface area is 187 Å². The largest absolute Gasteiger partial charge is 0.491 e. The molecule has 0 bridgehead atoms. The highest BCUT2D eigenvalue weighted by atomic mass is 16.6. The van der Waals surface area contributed by atoms with Crippen LogP contribution in [0, 0.1) is 0 Å². The number of nitrogens with zero attached hydrogens (tertiary/aromatic N) is 1. The Hall–Kier alpha value is -3.80. The lowest BCUT2D eigenvalue weighted by atomic mass is 9.98. The number of benzene rings is 3. The average Bonchev–Trinajstić information content (AvgIpc) is 3.14. The number of carbonyl (C=O) groups excluding carboxylic acids is 1. The van der Waals surface area contributed by atoms with Crippen molar-refractivity contribution in [2.45, 2.75) is 18.9 Å². The summed E-state index contributed by atoms with van der Waals surface area (Å²) >= 11 is 0. The number of hydrogen-bond donors (Lipinski definition) is 1. The molecule has 0 aromatic heterocycles. The van der Waals surface area contributed by atoms with Crippen LogP contribution in [0.4, 0.5) is 4.79 Å². The summed E-state index contributed by atoms with van der Waals surface area (Å²) < 4.78 is 11.4. The van der Waals surface area contributed by atoms with E-state index in [1.54, 1.807) is 6.92 Å². The van der Waals surface area contributed by atoms with Crippen molar-refractivity contribution in [3.63, 3.8) is 0 Å². The maximum absolute atomic E-state index is 12.9. The molecule has 6 nitrogen and oxygen atoms in total. The van der Waals surface area contributed by atoms with Crippen molar-refractivity contribution in [2.24, 2.45) is 0 Å². The van der Waals surface area contributed by atoms with Gasteiger partial charge in [-0.2, -0.15) is 0 Å². The molecular formula is C26H25NO5. The number of fused-ring (bicyclic) bond motifs is 3. The predicted molar refractivity (Wildman–Crippen MR) is 121 cm³/mol.